The number of piperidine rings is 1. The lowest BCUT2D eigenvalue weighted by atomic mass is 10.0. The molecule has 2 aliphatic rings. The second kappa shape index (κ2) is 8.86. The highest BCUT2D eigenvalue weighted by Crippen LogP contribution is 2.25. The first-order valence-electron chi connectivity index (χ1n) is 10.1. The molecule has 1 aromatic heterocycles. The quantitative estimate of drug-likeness (QED) is 0.843. The number of benzene rings is 1. The van der Waals surface area contributed by atoms with Crippen LogP contribution in [-0.2, 0) is 0 Å². The minimum atomic E-state index is 0.00585. The Hall–Kier alpha value is -2.22. The lowest BCUT2D eigenvalue weighted by Crippen LogP contribution is -2.54. The Labute approximate surface area is 165 Å². The average Bonchev–Trinajstić information content (AvgIpc) is 3.25. The van der Waals surface area contributed by atoms with Gasteiger partial charge in [-0.2, -0.15) is 0 Å². The zero-order valence-electron chi connectivity index (χ0n) is 16.2. The number of amides is 1. The molecule has 2 aliphatic heterocycles. The molecule has 0 aliphatic carbocycles. The lowest BCUT2D eigenvalue weighted by Gasteiger charge is -2.42. The summed E-state index contributed by atoms with van der Waals surface area (Å²) < 4.78 is 5.13. The molecule has 1 N–H and O–H groups in total. The molecule has 7 heteroatoms. The van der Waals surface area contributed by atoms with Gasteiger partial charge in [0.05, 0.1) is 6.61 Å². The van der Waals surface area contributed by atoms with Gasteiger partial charge in [0.25, 0.3) is 5.91 Å². The summed E-state index contributed by atoms with van der Waals surface area (Å²) >= 11 is 0. The summed E-state index contributed by atoms with van der Waals surface area (Å²) in [6, 6.07) is 10.2. The predicted molar refractivity (Wildman–Crippen MR) is 106 cm³/mol. The van der Waals surface area contributed by atoms with Crippen LogP contribution in [0.15, 0.2) is 41.1 Å². The van der Waals surface area contributed by atoms with E-state index in [1.54, 1.807) is 0 Å². The van der Waals surface area contributed by atoms with Gasteiger partial charge in [0.1, 0.15) is 17.5 Å². The SMILES string of the molecule is O=C(c1conc1-c1ccccc1)N1CCC(N2CCN(CCO)CC2)CC1. The normalized spacial score (nSPS) is 19.8. The summed E-state index contributed by atoms with van der Waals surface area (Å²) in [5, 5.41) is 13.1. The molecule has 0 saturated carbocycles. The molecule has 2 saturated heterocycles. The predicted octanol–water partition coefficient (Wildman–Crippen LogP) is 1.56. The topological polar surface area (TPSA) is 73.1 Å². The second-order valence-electron chi connectivity index (χ2n) is 7.57. The van der Waals surface area contributed by atoms with Crippen molar-refractivity contribution in [3.63, 3.8) is 0 Å². The molecule has 0 bridgehead atoms. The number of hydrogen-bond donors (Lipinski definition) is 1. The van der Waals surface area contributed by atoms with E-state index in [1.807, 2.05) is 35.2 Å². The highest BCUT2D eigenvalue weighted by Gasteiger charge is 2.30. The van der Waals surface area contributed by atoms with E-state index in [2.05, 4.69) is 15.0 Å². The highest BCUT2D eigenvalue weighted by molar-refractivity contribution is 5.99. The molecule has 1 amide bonds. The second-order valence-corrected chi connectivity index (χ2v) is 7.57. The molecule has 3 heterocycles. The van der Waals surface area contributed by atoms with Crippen molar-refractivity contribution >= 4 is 5.91 Å². The number of hydrogen-bond acceptors (Lipinski definition) is 6. The van der Waals surface area contributed by atoms with Crippen LogP contribution < -0.4 is 0 Å². The van der Waals surface area contributed by atoms with Crippen molar-refractivity contribution in [2.75, 3.05) is 52.4 Å². The number of carbonyl (C=O) groups excluding carboxylic acids is 1. The third-order valence-electron chi connectivity index (χ3n) is 5.94. The fourth-order valence-corrected chi connectivity index (χ4v) is 4.29. The summed E-state index contributed by atoms with van der Waals surface area (Å²) in [7, 11) is 0. The van der Waals surface area contributed by atoms with Crippen LogP contribution in [0.1, 0.15) is 23.2 Å². The summed E-state index contributed by atoms with van der Waals surface area (Å²) in [5.41, 5.74) is 2.06. The van der Waals surface area contributed by atoms with Crippen LogP contribution >= 0.6 is 0 Å². The van der Waals surface area contributed by atoms with Gasteiger partial charge in [-0.05, 0) is 12.8 Å². The van der Waals surface area contributed by atoms with Gasteiger partial charge in [-0.15, -0.1) is 0 Å². The van der Waals surface area contributed by atoms with Crippen molar-refractivity contribution < 1.29 is 14.4 Å². The Balaban J connectivity index is 1.34. The fraction of sp³-hybridized carbons (Fsp3) is 0.524. The molecule has 28 heavy (non-hydrogen) atoms. The molecule has 4 rings (SSSR count). The number of aliphatic hydroxyl groups is 1. The maximum atomic E-state index is 13.0. The van der Waals surface area contributed by atoms with Gasteiger partial charge in [-0.25, -0.2) is 0 Å². The van der Waals surface area contributed by atoms with E-state index in [1.165, 1.54) is 6.26 Å². The Morgan fingerprint density at radius 2 is 1.79 bits per heavy atom. The minimum Gasteiger partial charge on any atom is -0.395 e. The van der Waals surface area contributed by atoms with E-state index < -0.39 is 0 Å². The first-order chi connectivity index (χ1) is 13.8. The monoisotopic (exact) mass is 384 g/mol. The van der Waals surface area contributed by atoms with Crippen LogP contribution in [0.4, 0.5) is 0 Å². The molecule has 7 nitrogen and oxygen atoms in total. The summed E-state index contributed by atoms with van der Waals surface area (Å²) in [5.74, 6) is 0.00585. The van der Waals surface area contributed by atoms with Gasteiger partial charge in [0.15, 0.2) is 0 Å². The summed E-state index contributed by atoms with van der Waals surface area (Å²) in [4.78, 5) is 19.8. The highest BCUT2D eigenvalue weighted by atomic mass is 16.5. The number of aliphatic hydroxyl groups excluding tert-OH is 1. The largest absolute Gasteiger partial charge is 0.395 e. The molecule has 2 aromatic rings. The number of β-amino-alcohol motifs (C(OH)–C–C–N with tert-alkyl or cyclic N) is 1. The van der Waals surface area contributed by atoms with Crippen LogP contribution in [-0.4, -0.2) is 89.3 Å². The van der Waals surface area contributed by atoms with Crippen molar-refractivity contribution in [3.05, 3.63) is 42.2 Å². The van der Waals surface area contributed by atoms with E-state index in [0.717, 1.165) is 64.2 Å². The van der Waals surface area contributed by atoms with Gasteiger partial charge in [-0.1, -0.05) is 35.5 Å². The number of nitrogens with zero attached hydrogens (tertiary/aromatic N) is 4. The smallest absolute Gasteiger partial charge is 0.259 e. The number of piperazine rings is 1. The number of aromatic nitrogens is 1. The first-order valence-corrected chi connectivity index (χ1v) is 10.1. The van der Waals surface area contributed by atoms with Crippen LogP contribution in [0.5, 0.6) is 0 Å². The van der Waals surface area contributed by atoms with Crippen molar-refractivity contribution in [1.29, 1.82) is 0 Å². The van der Waals surface area contributed by atoms with Gasteiger partial charge in [0.2, 0.25) is 0 Å². The number of likely N-dealkylation sites (tertiary alicyclic amines) is 1. The third kappa shape index (κ3) is 4.11. The molecule has 0 radical (unpaired) electrons. The van der Waals surface area contributed by atoms with Crippen molar-refractivity contribution in [2.45, 2.75) is 18.9 Å². The molecule has 0 atom stereocenters. The molecule has 150 valence electrons. The Morgan fingerprint density at radius 3 is 2.46 bits per heavy atom. The van der Waals surface area contributed by atoms with Crippen LogP contribution in [0.3, 0.4) is 0 Å². The Morgan fingerprint density at radius 1 is 1.07 bits per heavy atom. The van der Waals surface area contributed by atoms with Crippen molar-refractivity contribution in [2.24, 2.45) is 0 Å². The molecule has 2 fully saturated rings. The zero-order valence-corrected chi connectivity index (χ0v) is 16.2. The third-order valence-corrected chi connectivity index (χ3v) is 5.94. The maximum absolute atomic E-state index is 13.0. The molecule has 1 aromatic carbocycles. The maximum Gasteiger partial charge on any atom is 0.259 e. The van der Waals surface area contributed by atoms with Gasteiger partial charge in [0, 0.05) is 57.4 Å². The van der Waals surface area contributed by atoms with Crippen LogP contribution in [0.25, 0.3) is 11.3 Å². The molecular formula is C21H28N4O3. The molecule has 0 unspecified atom stereocenters. The van der Waals surface area contributed by atoms with E-state index in [0.29, 0.717) is 17.3 Å². The number of carbonyl (C=O) groups is 1. The van der Waals surface area contributed by atoms with E-state index in [9.17, 15) is 4.79 Å². The standard InChI is InChI=1S/C21H28N4O3/c26-15-14-23-10-12-24(13-11-23)18-6-8-25(9-7-18)21(27)19-16-28-22-20(19)17-4-2-1-3-5-17/h1-5,16,18,26H,6-15H2. The first kappa shape index (κ1) is 19.1. The van der Waals surface area contributed by atoms with Gasteiger partial charge >= 0.3 is 0 Å². The molecular weight excluding hydrogens is 356 g/mol. The van der Waals surface area contributed by atoms with Crippen LogP contribution in [0.2, 0.25) is 0 Å². The zero-order chi connectivity index (χ0) is 19.3. The number of rotatable bonds is 5. The summed E-state index contributed by atoms with van der Waals surface area (Å²) in [6.07, 6.45) is 3.46. The van der Waals surface area contributed by atoms with Gasteiger partial charge in [-0.3, -0.25) is 14.6 Å². The lowest BCUT2D eigenvalue weighted by molar-refractivity contribution is 0.0451. The molecule has 0 spiro atoms. The van der Waals surface area contributed by atoms with Crippen molar-refractivity contribution in [3.8, 4) is 11.3 Å². The Bertz CT molecular complexity index is 763. The van der Waals surface area contributed by atoms with Gasteiger partial charge < -0.3 is 14.5 Å². The van der Waals surface area contributed by atoms with E-state index >= 15 is 0 Å². The van der Waals surface area contributed by atoms with Crippen molar-refractivity contribution in [1.82, 2.24) is 19.9 Å². The average molecular weight is 384 g/mol. The van der Waals surface area contributed by atoms with E-state index in [-0.39, 0.29) is 12.5 Å². The summed E-state index contributed by atoms with van der Waals surface area (Å²) in [6.45, 7) is 6.64. The Kier molecular flexibility index (Phi) is 6.04. The minimum absolute atomic E-state index is 0.00585. The van der Waals surface area contributed by atoms with E-state index in [4.69, 9.17) is 9.63 Å². The van der Waals surface area contributed by atoms with Crippen LogP contribution in [0, 0.1) is 0 Å². The fourth-order valence-electron chi connectivity index (χ4n) is 4.29.